The van der Waals surface area contributed by atoms with E-state index < -0.39 is 9.84 Å². The van der Waals surface area contributed by atoms with E-state index in [0.29, 0.717) is 37.8 Å². The van der Waals surface area contributed by atoms with Gasteiger partial charge in [-0.25, -0.2) is 23.4 Å². The highest BCUT2D eigenvalue weighted by Gasteiger charge is 2.20. The first-order valence-electron chi connectivity index (χ1n) is 9.25. The number of hydrogen-bond acceptors (Lipinski definition) is 8. The molecule has 4 rings (SSSR count). The third-order valence-electron chi connectivity index (χ3n) is 4.67. The van der Waals surface area contributed by atoms with Crippen LogP contribution < -0.4 is 9.64 Å². The van der Waals surface area contributed by atoms with E-state index in [1.807, 2.05) is 36.4 Å². The molecule has 0 saturated carbocycles. The molecule has 3 heterocycles. The number of rotatable bonds is 5. The number of sulfone groups is 1. The van der Waals surface area contributed by atoms with E-state index in [9.17, 15) is 8.42 Å². The van der Waals surface area contributed by atoms with Gasteiger partial charge in [0.25, 0.3) is 0 Å². The molecule has 0 N–H and O–H groups in total. The molecule has 1 saturated heterocycles. The summed E-state index contributed by atoms with van der Waals surface area (Å²) in [6.45, 7) is 2.57. The van der Waals surface area contributed by atoms with Crippen LogP contribution >= 0.6 is 0 Å². The van der Waals surface area contributed by atoms with E-state index in [1.165, 1.54) is 6.26 Å². The number of morpholine rings is 1. The van der Waals surface area contributed by atoms with Crippen molar-refractivity contribution in [2.45, 2.75) is 5.75 Å². The summed E-state index contributed by atoms with van der Waals surface area (Å²) in [7, 11) is -1.65. The largest absolute Gasteiger partial charge is 0.497 e. The third kappa shape index (κ3) is 4.46. The predicted octanol–water partition coefficient (Wildman–Crippen LogP) is 2.08. The predicted molar refractivity (Wildman–Crippen MR) is 111 cm³/mol. The van der Waals surface area contributed by atoms with Crippen LogP contribution in [-0.2, 0) is 20.3 Å². The van der Waals surface area contributed by atoms with Crippen molar-refractivity contribution >= 4 is 26.7 Å². The SMILES string of the molecule is COc1ccc(-c2ccc3c(N4CCOCC4)nc(CS(C)(=O)=O)nc3n2)cc1. The Kier molecular flexibility index (Phi) is 5.33. The Morgan fingerprint density at radius 2 is 1.76 bits per heavy atom. The number of pyridine rings is 1. The Hall–Kier alpha value is -2.78. The summed E-state index contributed by atoms with van der Waals surface area (Å²) in [5, 5.41) is 0.793. The quantitative estimate of drug-likeness (QED) is 0.626. The third-order valence-corrected chi connectivity index (χ3v) is 5.46. The van der Waals surface area contributed by atoms with Crippen molar-refractivity contribution in [3.63, 3.8) is 0 Å². The number of fused-ring (bicyclic) bond motifs is 1. The van der Waals surface area contributed by atoms with Crippen LogP contribution in [0.15, 0.2) is 36.4 Å². The minimum atomic E-state index is -3.27. The van der Waals surface area contributed by atoms with E-state index in [2.05, 4.69) is 14.9 Å². The first kappa shape index (κ1) is 19.5. The molecule has 0 unspecified atom stereocenters. The Morgan fingerprint density at radius 3 is 2.41 bits per heavy atom. The maximum Gasteiger partial charge on any atom is 0.165 e. The fourth-order valence-corrected chi connectivity index (χ4v) is 3.87. The molecule has 0 atom stereocenters. The van der Waals surface area contributed by atoms with Gasteiger partial charge in [-0.2, -0.15) is 0 Å². The van der Waals surface area contributed by atoms with Crippen LogP contribution in [0.1, 0.15) is 5.82 Å². The minimum absolute atomic E-state index is 0.227. The number of anilines is 1. The zero-order valence-corrected chi connectivity index (χ0v) is 17.1. The highest BCUT2D eigenvalue weighted by Crippen LogP contribution is 2.28. The topological polar surface area (TPSA) is 94.5 Å². The van der Waals surface area contributed by atoms with Crippen LogP contribution in [0.5, 0.6) is 5.75 Å². The lowest BCUT2D eigenvalue weighted by atomic mass is 10.1. The number of hydrogen-bond donors (Lipinski definition) is 0. The lowest BCUT2D eigenvalue weighted by Gasteiger charge is -2.28. The highest BCUT2D eigenvalue weighted by molar-refractivity contribution is 7.89. The van der Waals surface area contributed by atoms with Crippen LogP contribution in [0.4, 0.5) is 5.82 Å². The fraction of sp³-hybridized carbons (Fsp3) is 0.350. The highest BCUT2D eigenvalue weighted by atomic mass is 32.2. The second kappa shape index (κ2) is 7.92. The van der Waals surface area contributed by atoms with Crippen molar-refractivity contribution in [1.82, 2.24) is 15.0 Å². The summed E-state index contributed by atoms with van der Waals surface area (Å²) < 4.78 is 34.3. The average Bonchev–Trinajstić information content (AvgIpc) is 2.72. The van der Waals surface area contributed by atoms with Gasteiger partial charge in [-0.05, 0) is 36.4 Å². The molecule has 0 amide bonds. The van der Waals surface area contributed by atoms with Crippen LogP contribution in [0, 0.1) is 0 Å². The second-order valence-electron chi connectivity index (χ2n) is 6.93. The molecule has 1 aliphatic rings. The van der Waals surface area contributed by atoms with Gasteiger partial charge in [-0.1, -0.05) is 0 Å². The molecular formula is C20H22N4O4S. The summed E-state index contributed by atoms with van der Waals surface area (Å²) in [4.78, 5) is 15.8. The normalized spacial score (nSPS) is 14.9. The van der Waals surface area contributed by atoms with Gasteiger partial charge in [0.05, 0.1) is 31.4 Å². The van der Waals surface area contributed by atoms with Crippen LogP contribution in [0.25, 0.3) is 22.3 Å². The summed E-state index contributed by atoms with van der Waals surface area (Å²) in [6.07, 6.45) is 1.18. The number of aromatic nitrogens is 3. The molecule has 29 heavy (non-hydrogen) atoms. The fourth-order valence-electron chi connectivity index (χ4n) is 3.28. The first-order valence-corrected chi connectivity index (χ1v) is 11.3. The lowest BCUT2D eigenvalue weighted by Crippen LogP contribution is -2.37. The molecule has 9 heteroatoms. The van der Waals surface area contributed by atoms with E-state index >= 15 is 0 Å². The minimum Gasteiger partial charge on any atom is -0.497 e. The molecular weight excluding hydrogens is 392 g/mol. The summed E-state index contributed by atoms with van der Waals surface area (Å²) in [6, 6.07) is 11.5. The van der Waals surface area contributed by atoms with Gasteiger partial charge in [0.2, 0.25) is 0 Å². The maximum absolute atomic E-state index is 11.8. The van der Waals surface area contributed by atoms with Gasteiger partial charge >= 0.3 is 0 Å². The number of benzene rings is 1. The van der Waals surface area contributed by atoms with E-state index in [-0.39, 0.29) is 11.6 Å². The molecule has 0 radical (unpaired) electrons. The van der Waals surface area contributed by atoms with Gasteiger partial charge in [0.1, 0.15) is 23.1 Å². The molecule has 1 aromatic carbocycles. The Balaban J connectivity index is 1.82. The standard InChI is InChI=1S/C20H22N4O4S/c1-27-15-5-3-14(4-6-15)17-8-7-16-19(21-17)22-18(13-29(2,25)26)23-20(16)24-9-11-28-12-10-24/h3-8H,9-13H2,1-2H3. The first-order chi connectivity index (χ1) is 13.9. The molecule has 1 fully saturated rings. The molecule has 0 aliphatic carbocycles. The van der Waals surface area contributed by atoms with Gasteiger partial charge in [0, 0.05) is 24.9 Å². The Bertz CT molecular complexity index is 1130. The van der Waals surface area contributed by atoms with E-state index in [0.717, 1.165) is 22.4 Å². The van der Waals surface area contributed by atoms with Gasteiger partial charge in [-0.15, -0.1) is 0 Å². The Labute approximate surface area is 169 Å². The molecule has 2 aromatic heterocycles. The summed E-state index contributed by atoms with van der Waals surface area (Å²) in [5.74, 6) is 1.49. The number of methoxy groups -OCH3 is 1. The molecule has 3 aromatic rings. The van der Waals surface area contributed by atoms with Crippen molar-refractivity contribution in [1.29, 1.82) is 0 Å². The van der Waals surface area contributed by atoms with Crippen LogP contribution in [0.3, 0.4) is 0 Å². The maximum atomic E-state index is 11.8. The lowest BCUT2D eigenvalue weighted by molar-refractivity contribution is 0.122. The van der Waals surface area contributed by atoms with Crippen molar-refractivity contribution in [2.75, 3.05) is 44.6 Å². The molecule has 152 valence electrons. The molecule has 0 spiro atoms. The smallest absolute Gasteiger partial charge is 0.165 e. The van der Waals surface area contributed by atoms with Crippen molar-refractivity contribution in [3.8, 4) is 17.0 Å². The van der Waals surface area contributed by atoms with Gasteiger partial charge < -0.3 is 14.4 Å². The van der Waals surface area contributed by atoms with Crippen molar-refractivity contribution in [2.24, 2.45) is 0 Å². The molecule has 8 nitrogen and oxygen atoms in total. The van der Waals surface area contributed by atoms with Crippen molar-refractivity contribution < 1.29 is 17.9 Å². The number of nitrogens with zero attached hydrogens (tertiary/aromatic N) is 4. The van der Waals surface area contributed by atoms with Gasteiger partial charge in [0.15, 0.2) is 15.5 Å². The van der Waals surface area contributed by atoms with Crippen molar-refractivity contribution in [3.05, 3.63) is 42.2 Å². The number of ether oxygens (including phenoxy) is 2. The monoisotopic (exact) mass is 414 g/mol. The average molecular weight is 414 g/mol. The molecule has 0 bridgehead atoms. The summed E-state index contributed by atoms with van der Waals surface area (Å²) in [5.41, 5.74) is 2.15. The summed E-state index contributed by atoms with van der Waals surface area (Å²) >= 11 is 0. The zero-order valence-electron chi connectivity index (χ0n) is 16.3. The van der Waals surface area contributed by atoms with E-state index in [4.69, 9.17) is 14.5 Å². The Morgan fingerprint density at radius 1 is 1.03 bits per heavy atom. The van der Waals surface area contributed by atoms with E-state index in [1.54, 1.807) is 7.11 Å². The van der Waals surface area contributed by atoms with Crippen LogP contribution in [0.2, 0.25) is 0 Å². The second-order valence-corrected chi connectivity index (χ2v) is 9.07. The zero-order chi connectivity index (χ0) is 20.4. The van der Waals surface area contributed by atoms with Crippen LogP contribution in [-0.4, -0.2) is 63.0 Å². The molecule has 1 aliphatic heterocycles. The van der Waals surface area contributed by atoms with Gasteiger partial charge in [-0.3, -0.25) is 0 Å².